The van der Waals surface area contributed by atoms with E-state index in [1.165, 1.54) is 0 Å². The highest BCUT2D eigenvalue weighted by molar-refractivity contribution is 8.00. The number of anilines is 2. The van der Waals surface area contributed by atoms with Gasteiger partial charge in [0, 0.05) is 24.2 Å². The van der Waals surface area contributed by atoms with Crippen LogP contribution in [0.1, 0.15) is 12.8 Å². The Hall–Kier alpha value is -0.910. The van der Waals surface area contributed by atoms with Gasteiger partial charge in [-0.1, -0.05) is 11.6 Å². The molecule has 1 aliphatic heterocycles. The SMILES string of the molecule is Nc1ccc(Cl)c(NC(=O)CSC2CCOCC2)c1. The second kappa shape index (κ2) is 7.03. The van der Waals surface area contributed by atoms with Crippen LogP contribution in [-0.4, -0.2) is 30.1 Å². The topological polar surface area (TPSA) is 64.3 Å². The van der Waals surface area contributed by atoms with Crippen LogP contribution in [0.4, 0.5) is 11.4 Å². The number of rotatable bonds is 4. The molecule has 104 valence electrons. The molecule has 0 saturated carbocycles. The quantitative estimate of drug-likeness (QED) is 0.839. The Morgan fingerprint density at radius 3 is 2.95 bits per heavy atom. The molecule has 4 nitrogen and oxygen atoms in total. The highest BCUT2D eigenvalue weighted by Gasteiger charge is 2.16. The lowest BCUT2D eigenvalue weighted by molar-refractivity contribution is -0.113. The van der Waals surface area contributed by atoms with Crippen LogP contribution in [0, 0.1) is 0 Å². The maximum absolute atomic E-state index is 11.9. The van der Waals surface area contributed by atoms with Crippen LogP contribution in [0.5, 0.6) is 0 Å². The van der Waals surface area contributed by atoms with Gasteiger partial charge in [-0.25, -0.2) is 0 Å². The van der Waals surface area contributed by atoms with Crippen LogP contribution < -0.4 is 11.1 Å². The van der Waals surface area contributed by atoms with Crippen molar-refractivity contribution >= 4 is 40.6 Å². The number of nitrogen functional groups attached to an aromatic ring is 1. The molecule has 6 heteroatoms. The number of thioether (sulfide) groups is 1. The van der Waals surface area contributed by atoms with Gasteiger partial charge in [-0.15, -0.1) is 11.8 Å². The number of nitrogens with two attached hydrogens (primary N) is 1. The predicted molar refractivity (Wildman–Crippen MR) is 80.8 cm³/mol. The lowest BCUT2D eigenvalue weighted by Gasteiger charge is -2.21. The van der Waals surface area contributed by atoms with Crippen LogP contribution >= 0.6 is 23.4 Å². The van der Waals surface area contributed by atoms with E-state index in [4.69, 9.17) is 22.1 Å². The molecule has 1 heterocycles. The molecule has 1 aromatic carbocycles. The molecule has 2 rings (SSSR count). The minimum Gasteiger partial charge on any atom is -0.399 e. The van der Waals surface area contributed by atoms with Crippen molar-refractivity contribution in [1.29, 1.82) is 0 Å². The molecule has 1 amide bonds. The number of hydrogen-bond acceptors (Lipinski definition) is 4. The largest absolute Gasteiger partial charge is 0.399 e. The van der Waals surface area contributed by atoms with Gasteiger partial charge in [0.05, 0.1) is 16.5 Å². The Balaban J connectivity index is 1.81. The molecule has 1 aliphatic rings. The summed E-state index contributed by atoms with van der Waals surface area (Å²) in [6.45, 7) is 1.58. The Morgan fingerprint density at radius 2 is 2.21 bits per heavy atom. The lowest BCUT2D eigenvalue weighted by atomic mass is 10.2. The van der Waals surface area contributed by atoms with Gasteiger partial charge in [-0.3, -0.25) is 4.79 Å². The van der Waals surface area contributed by atoms with E-state index in [9.17, 15) is 4.79 Å². The molecule has 1 fully saturated rings. The minimum absolute atomic E-state index is 0.0519. The standard InChI is InChI=1S/C13H17ClN2O2S/c14-11-2-1-9(15)7-12(11)16-13(17)8-19-10-3-5-18-6-4-10/h1-2,7,10H,3-6,8,15H2,(H,16,17). The third-order valence-electron chi connectivity index (χ3n) is 2.88. The third kappa shape index (κ3) is 4.60. The Morgan fingerprint density at radius 1 is 1.47 bits per heavy atom. The van der Waals surface area contributed by atoms with Gasteiger partial charge < -0.3 is 15.8 Å². The summed E-state index contributed by atoms with van der Waals surface area (Å²) in [6, 6.07) is 5.05. The number of amides is 1. The van der Waals surface area contributed by atoms with E-state index in [0.717, 1.165) is 26.1 Å². The van der Waals surface area contributed by atoms with Gasteiger partial charge >= 0.3 is 0 Å². The molecule has 1 saturated heterocycles. The molecule has 0 spiro atoms. The van der Waals surface area contributed by atoms with Crippen molar-refractivity contribution in [3.05, 3.63) is 23.2 Å². The summed E-state index contributed by atoms with van der Waals surface area (Å²) < 4.78 is 5.29. The number of carbonyl (C=O) groups is 1. The van der Waals surface area contributed by atoms with Crippen LogP contribution in [0.25, 0.3) is 0 Å². The van der Waals surface area contributed by atoms with Gasteiger partial charge in [-0.05, 0) is 31.0 Å². The van der Waals surface area contributed by atoms with Crippen molar-refractivity contribution in [1.82, 2.24) is 0 Å². The van der Waals surface area contributed by atoms with Gasteiger partial charge in [0.1, 0.15) is 0 Å². The molecule has 1 aromatic rings. The fraction of sp³-hybridized carbons (Fsp3) is 0.462. The molecule has 0 aromatic heterocycles. The predicted octanol–water partition coefficient (Wildman–Crippen LogP) is 2.77. The van der Waals surface area contributed by atoms with Crippen LogP contribution in [0.15, 0.2) is 18.2 Å². The molecule has 19 heavy (non-hydrogen) atoms. The van der Waals surface area contributed by atoms with E-state index in [1.807, 2.05) is 0 Å². The van der Waals surface area contributed by atoms with Crippen LogP contribution in [0.3, 0.4) is 0 Å². The first kappa shape index (κ1) is 14.5. The fourth-order valence-corrected chi connectivity index (χ4v) is 3.01. The Labute approximate surface area is 122 Å². The third-order valence-corrected chi connectivity index (χ3v) is 4.58. The highest BCUT2D eigenvalue weighted by Crippen LogP contribution is 2.25. The second-order valence-corrected chi connectivity index (χ2v) is 6.11. The van der Waals surface area contributed by atoms with E-state index in [-0.39, 0.29) is 5.91 Å². The van der Waals surface area contributed by atoms with Gasteiger partial charge in [0.15, 0.2) is 0 Å². The van der Waals surface area contributed by atoms with E-state index in [0.29, 0.717) is 27.4 Å². The van der Waals surface area contributed by atoms with Crippen molar-refractivity contribution in [2.24, 2.45) is 0 Å². The maximum atomic E-state index is 11.9. The highest BCUT2D eigenvalue weighted by atomic mass is 35.5. The molecular weight excluding hydrogens is 284 g/mol. The molecule has 3 N–H and O–H groups in total. The van der Waals surface area contributed by atoms with Crippen molar-refractivity contribution < 1.29 is 9.53 Å². The van der Waals surface area contributed by atoms with E-state index in [2.05, 4.69) is 5.32 Å². The second-order valence-electron chi connectivity index (χ2n) is 4.41. The Bertz CT molecular complexity index is 450. The van der Waals surface area contributed by atoms with Crippen LogP contribution in [-0.2, 0) is 9.53 Å². The Kier molecular flexibility index (Phi) is 5.36. The summed E-state index contributed by atoms with van der Waals surface area (Å²) in [4.78, 5) is 11.9. The minimum atomic E-state index is -0.0519. The number of halogens is 1. The summed E-state index contributed by atoms with van der Waals surface area (Å²) in [7, 11) is 0. The zero-order valence-electron chi connectivity index (χ0n) is 10.5. The molecule has 0 aliphatic carbocycles. The summed E-state index contributed by atoms with van der Waals surface area (Å²) in [5.41, 5.74) is 6.81. The van der Waals surface area contributed by atoms with Crippen molar-refractivity contribution in [3.8, 4) is 0 Å². The molecule has 0 atom stereocenters. The van der Waals surface area contributed by atoms with Gasteiger partial charge in [-0.2, -0.15) is 0 Å². The summed E-state index contributed by atoms with van der Waals surface area (Å²) in [5.74, 6) is 0.375. The number of ether oxygens (including phenoxy) is 1. The first-order chi connectivity index (χ1) is 9.15. The van der Waals surface area contributed by atoms with E-state index < -0.39 is 0 Å². The number of hydrogen-bond donors (Lipinski definition) is 2. The zero-order valence-corrected chi connectivity index (χ0v) is 12.1. The monoisotopic (exact) mass is 300 g/mol. The van der Waals surface area contributed by atoms with Crippen molar-refractivity contribution in [3.63, 3.8) is 0 Å². The molecule has 0 radical (unpaired) electrons. The fourth-order valence-electron chi connectivity index (χ4n) is 1.86. The molecule has 0 unspecified atom stereocenters. The van der Waals surface area contributed by atoms with E-state index in [1.54, 1.807) is 30.0 Å². The number of carbonyl (C=O) groups excluding carboxylic acids is 1. The smallest absolute Gasteiger partial charge is 0.234 e. The van der Waals surface area contributed by atoms with E-state index >= 15 is 0 Å². The zero-order chi connectivity index (χ0) is 13.7. The van der Waals surface area contributed by atoms with Gasteiger partial charge in [0.25, 0.3) is 0 Å². The van der Waals surface area contributed by atoms with Crippen molar-refractivity contribution in [2.75, 3.05) is 30.0 Å². The average molecular weight is 301 g/mol. The summed E-state index contributed by atoms with van der Waals surface area (Å²) in [6.07, 6.45) is 2.02. The molecular formula is C13H17ClN2O2S. The number of benzene rings is 1. The average Bonchev–Trinajstić information content (AvgIpc) is 2.42. The first-order valence-electron chi connectivity index (χ1n) is 6.19. The summed E-state index contributed by atoms with van der Waals surface area (Å²) in [5, 5.41) is 3.80. The van der Waals surface area contributed by atoms with Crippen LogP contribution in [0.2, 0.25) is 5.02 Å². The van der Waals surface area contributed by atoms with Gasteiger partial charge in [0.2, 0.25) is 5.91 Å². The van der Waals surface area contributed by atoms with Crippen molar-refractivity contribution in [2.45, 2.75) is 18.1 Å². The number of nitrogens with one attached hydrogen (secondary N) is 1. The lowest BCUT2D eigenvalue weighted by Crippen LogP contribution is -2.21. The normalized spacial score (nSPS) is 16.3. The first-order valence-corrected chi connectivity index (χ1v) is 7.62. The molecule has 0 bridgehead atoms. The maximum Gasteiger partial charge on any atom is 0.234 e. The summed E-state index contributed by atoms with van der Waals surface area (Å²) >= 11 is 7.66.